The molecule has 22 heavy (non-hydrogen) atoms. The first-order valence-electron chi connectivity index (χ1n) is 7.18. The number of methoxy groups -OCH3 is 1. The van der Waals surface area contributed by atoms with Crippen molar-refractivity contribution in [3.63, 3.8) is 0 Å². The second kappa shape index (κ2) is 7.09. The Bertz CT molecular complexity index is 652. The first-order valence-corrected chi connectivity index (χ1v) is 7.18. The number of aliphatic hydroxyl groups is 1. The van der Waals surface area contributed by atoms with Gasteiger partial charge < -0.3 is 20.1 Å². The molecule has 1 aromatic carbocycles. The molecule has 1 atom stereocenters. The van der Waals surface area contributed by atoms with E-state index in [1.165, 1.54) is 0 Å². The maximum atomic E-state index is 12.2. The van der Waals surface area contributed by atoms with Crippen molar-refractivity contribution < 1.29 is 14.6 Å². The van der Waals surface area contributed by atoms with Crippen molar-refractivity contribution in [2.24, 2.45) is 0 Å². The Kier molecular flexibility index (Phi) is 5.16. The van der Waals surface area contributed by atoms with Crippen molar-refractivity contribution in [3.8, 4) is 17.1 Å². The number of carbonyl (C=O) groups excluding carboxylic acids is 1. The van der Waals surface area contributed by atoms with Crippen LogP contribution in [0.25, 0.3) is 11.4 Å². The first-order chi connectivity index (χ1) is 10.5. The molecule has 1 heterocycles. The van der Waals surface area contributed by atoms with Crippen molar-refractivity contribution in [2.75, 3.05) is 13.7 Å². The third-order valence-electron chi connectivity index (χ3n) is 3.38. The van der Waals surface area contributed by atoms with Crippen molar-refractivity contribution >= 4 is 5.91 Å². The van der Waals surface area contributed by atoms with Gasteiger partial charge in [-0.25, -0.2) is 4.98 Å². The molecular weight excluding hydrogens is 282 g/mol. The predicted octanol–water partition coefficient (Wildman–Crippen LogP) is 1.89. The van der Waals surface area contributed by atoms with Gasteiger partial charge in [0, 0.05) is 23.9 Å². The summed E-state index contributed by atoms with van der Waals surface area (Å²) in [5.41, 5.74) is 1.92. The van der Waals surface area contributed by atoms with E-state index < -0.39 is 0 Å². The summed E-state index contributed by atoms with van der Waals surface area (Å²) >= 11 is 0. The van der Waals surface area contributed by atoms with Crippen LogP contribution in [0.4, 0.5) is 0 Å². The highest BCUT2D eigenvalue weighted by atomic mass is 16.5. The van der Waals surface area contributed by atoms with E-state index in [0.717, 1.165) is 11.3 Å². The van der Waals surface area contributed by atoms with Gasteiger partial charge in [0.25, 0.3) is 5.91 Å². The molecule has 1 amide bonds. The van der Waals surface area contributed by atoms with E-state index in [4.69, 9.17) is 9.84 Å². The minimum absolute atomic E-state index is 0.0378. The largest absolute Gasteiger partial charge is 0.497 e. The number of hydrogen-bond donors (Lipinski definition) is 3. The van der Waals surface area contributed by atoms with Crippen LogP contribution in [-0.2, 0) is 0 Å². The number of aromatic amines is 1. The second-order valence-electron chi connectivity index (χ2n) is 5.18. The fraction of sp³-hybridized carbons (Fsp3) is 0.375. The number of aliphatic hydroxyl groups excluding tert-OH is 1. The molecule has 0 bridgehead atoms. The molecule has 2 rings (SSSR count). The number of carbonyl (C=O) groups is 1. The topological polar surface area (TPSA) is 87.2 Å². The molecule has 0 fully saturated rings. The summed E-state index contributed by atoms with van der Waals surface area (Å²) < 4.78 is 5.20. The molecule has 3 N–H and O–H groups in total. The van der Waals surface area contributed by atoms with Crippen LogP contribution < -0.4 is 10.1 Å². The highest BCUT2D eigenvalue weighted by Crippen LogP contribution is 2.22. The number of imidazole rings is 1. The smallest absolute Gasteiger partial charge is 0.271 e. The fourth-order valence-electron chi connectivity index (χ4n) is 2.15. The monoisotopic (exact) mass is 303 g/mol. The number of hydrogen-bond acceptors (Lipinski definition) is 4. The standard InChI is InChI=1S/C16H21N3O3/c1-10(7-8-20)17-16(21)14-11(2)18-15(19-14)12-5-4-6-13(9-12)22-3/h4-6,9-10,20H,7-8H2,1-3H3,(H,17,21)(H,18,19). The normalized spacial score (nSPS) is 12.0. The summed E-state index contributed by atoms with van der Waals surface area (Å²) in [6, 6.07) is 7.37. The third kappa shape index (κ3) is 3.65. The highest BCUT2D eigenvalue weighted by Gasteiger charge is 2.17. The molecule has 6 heteroatoms. The van der Waals surface area contributed by atoms with Crippen molar-refractivity contribution in [1.82, 2.24) is 15.3 Å². The van der Waals surface area contributed by atoms with E-state index in [2.05, 4.69) is 15.3 Å². The SMILES string of the molecule is COc1cccc(-c2nc(C(=O)NC(C)CCO)c(C)[nH]2)c1. The maximum Gasteiger partial charge on any atom is 0.271 e. The van der Waals surface area contributed by atoms with Crippen molar-refractivity contribution in [1.29, 1.82) is 0 Å². The number of ether oxygens (including phenoxy) is 1. The van der Waals surface area contributed by atoms with Crippen molar-refractivity contribution in [3.05, 3.63) is 35.7 Å². The number of aromatic nitrogens is 2. The van der Waals surface area contributed by atoms with Gasteiger partial charge in [-0.05, 0) is 32.4 Å². The van der Waals surface area contributed by atoms with Crippen LogP contribution in [0.2, 0.25) is 0 Å². The molecule has 0 spiro atoms. The van der Waals surface area contributed by atoms with Crippen molar-refractivity contribution in [2.45, 2.75) is 26.3 Å². The molecule has 118 valence electrons. The van der Waals surface area contributed by atoms with Crippen LogP contribution in [0.3, 0.4) is 0 Å². The molecule has 0 radical (unpaired) electrons. The van der Waals surface area contributed by atoms with Crippen LogP contribution in [0, 0.1) is 6.92 Å². The molecule has 1 unspecified atom stereocenters. The van der Waals surface area contributed by atoms with Gasteiger partial charge in [0.15, 0.2) is 0 Å². The third-order valence-corrected chi connectivity index (χ3v) is 3.38. The second-order valence-corrected chi connectivity index (χ2v) is 5.18. The van der Waals surface area contributed by atoms with Crippen LogP contribution in [0.1, 0.15) is 29.5 Å². The zero-order chi connectivity index (χ0) is 16.1. The number of H-pyrrole nitrogens is 1. The summed E-state index contributed by atoms with van der Waals surface area (Å²) in [4.78, 5) is 19.7. The molecule has 6 nitrogen and oxygen atoms in total. The van der Waals surface area contributed by atoms with E-state index in [9.17, 15) is 4.79 Å². The molecule has 0 aliphatic carbocycles. The maximum absolute atomic E-state index is 12.2. The average molecular weight is 303 g/mol. The zero-order valence-corrected chi connectivity index (χ0v) is 13.0. The van der Waals surface area contributed by atoms with E-state index in [1.54, 1.807) is 7.11 Å². The molecule has 0 aliphatic heterocycles. The van der Waals surface area contributed by atoms with Gasteiger partial charge in [-0.2, -0.15) is 0 Å². The molecule has 0 saturated carbocycles. The molecular formula is C16H21N3O3. The average Bonchev–Trinajstić information content (AvgIpc) is 2.89. The van der Waals surface area contributed by atoms with Crippen LogP contribution in [-0.4, -0.2) is 40.7 Å². The van der Waals surface area contributed by atoms with Gasteiger partial charge in [-0.1, -0.05) is 12.1 Å². The summed E-state index contributed by atoms with van der Waals surface area (Å²) in [7, 11) is 1.61. The van der Waals surface area contributed by atoms with Crippen LogP contribution in [0.15, 0.2) is 24.3 Å². The molecule has 0 saturated heterocycles. The molecule has 0 aliphatic rings. The summed E-state index contributed by atoms with van der Waals surface area (Å²) in [6.45, 7) is 3.69. The lowest BCUT2D eigenvalue weighted by molar-refractivity contribution is 0.0929. The van der Waals surface area contributed by atoms with E-state index in [1.807, 2.05) is 38.1 Å². The molecule has 1 aromatic heterocycles. The predicted molar refractivity (Wildman–Crippen MR) is 83.9 cm³/mol. The minimum Gasteiger partial charge on any atom is -0.497 e. The first kappa shape index (κ1) is 16.0. The van der Waals surface area contributed by atoms with Gasteiger partial charge >= 0.3 is 0 Å². The molecule has 2 aromatic rings. The zero-order valence-electron chi connectivity index (χ0n) is 13.0. The van der Waals surface area contributed by atoms with E-state index in [-0.39, 0.29) is 18.6 Å². The van der Waals surface area contributed by atoms with Crippen LogP contribution in [0.5, 0.6) is 5.75 Å². The number of rotatable bonds is 6. The van der Waals surface area contributed by atoms with Crippen LogP contribution >= 0.6 is 0 Å². The Morgan fingerprint density at radius 3 is 2.95 bits per heavy atom. The number of aryl methyl sites for hydroxylation is 1. The van der Waals surface area contributed by atoms with Gasteiger partial charge in [-0.3, -0.25) is 4.79 Å². The number of benzene rings is 1. The van der Waals surface area contributed by atoms with Gasteiger partial charge in [0.05, 0.1) is 7.11 Å². The number of amides is 1. The van der Waals surface area contributed by atoms with Gasteiger partial charge in [0.2, 0.25) is 0 Å². The highest BCUT2D eigenvalue weighted by molar-refractivity contribution is 5.94. The number of nitrogens with one attached hydrogen (secondary N) is 2. The lowest BCUT2D eigenvalue weighted by atomic mass is 10.2. The number of nitrogens with zero attached hydrogens (tertiary/aromatic N) is 1. The Morgan fingerprint density at radius 2 is 2.27 bits per heavy atom. The Labute approximate surface area is 129 Å². The lowest BCUT2D eigenvalue weighted by Crippen LogP contribution is -2.33. The van der Waals surface area contributed by atoms with E-state index in [0.29, 0.717) is 23.6 Å². The van der Waals surface area contributed by atoms with Gasteiger partial charge in [-0.15, -0.1) is 0 Å². The Balaban J connectivity index is 2.22. The van der Waals surface area contributed by atoms with Gasteiger partial charge in [0.1, 0.15) is 17.3 Å². The minimum atomic E-state index is -0.246. The Morgan fingerprint density at radius 1 is 1.50 bits per heavy atom. The summed E-state index contributed by atoms with van der Waals surface area (Å²) in [6.07, 6.45) is 0.512. The fourth-order valence-corrected chi connectivity index (χ4v) is 2.15. The van der Waals surface area contributed by atoms with E-state index >= 15 is 0 Å². The summed E-state index contributed by atoms with van der Waals surface area (Å²) in [5, 5.41) is 11.7. The lowest BCUT2D eigenvalue weighted by Gasteiger charge is -2.11. The quantitative estimate of drug-likeness (QED) is 0.760. The Hall–Kier alpha value is -2.34. The summed E-state index contributed by atoms with van der Waals surface area (Å²) in [5.74, 6) is 1.11.